The van der Waals surface area contributed by atoms with E-state index in [1.807, 2.05) is 0 Å². The number of sulfonamides is 1. The lowest BCUT2D eigenvalue weighted by molar-refractivity contribution is -0.131. The van der Waals surface area contributed by atoms with E-state index in [-0.39, 0.29) is 24.4 Å². The van der Waals surface area contributed by atoms with Gasteiger partial charge in [0.05, 0.1) is 6.26 Å². The van der Waals surface area contributed by atoms with Crippen LogP contribution in [0.2, 0.25) is 0 Å². The van der Waals surface area contributed by atoms with Crippen molar-refractivity contribution in [1.82, 2.24) is 15.5 Å². The van der Waals surface area contributed by atoms with Crippen LogP contribution < -0.4 is 15.4 Å². The van der Waals surface area contributed by atoms with Crippen LogP contribution in [0.25, 0.3) is 0 Å². The molecule has 1 heterocycles. The molecule has 0 unspecified atom stereocenters. The maximum absolute atomic E-state index is 12.4. The highest BCUT2D eigenvalue weighted by molar-refractivity contribution is 7.92. The van der Waals surface area contributed by atoms with Gasteiger partial charge in [-0.2, -0.15) is 0 Å². The molecular formula is C20H30N4O6S. The molecule has 0 saturated carbocycles. The van der Waals surface area contributed by atoms with Gasteiger partial charge in [0.1, 0.15) is 12.1 Å². The first-order chi connectivity index (χ1) is 14.3. The van der Waals surface area contributed by atoms with Crippen LogP contribution in [0.5, 0.6) is 0 Å². The Hall–Kier alpha value is -2.82. The number of amides is 3. The largest absolute Gasteiger partial charge is 0.444 e. The van der Waals surface area contributed by atoms with Crippen molar-refractivity contribution in [1.29, 1.82) is 0 Å². The Morgan fingerprint density at radius 2 is 1.68 bits per heavy atom. The van der Waals surface area contributed by atoms with E-state index in [2.05, 4.69) is 15.4 Å². The van der Waals surface area contributed by atoms with E-state index in [1.165, 1.54) is 12.1 Å². The zero-order valence-electron chi connectivity index (χ0n) is 18.2. The zero-order valence-corrected chi connectivity index (χ0v) is 19.0. The monoisotopic (exact) mass is 454 g/mol. The number of rotatable bonds is 6. The number of nitrogens with zero attached hydrogens (tertiary/aromatic N) is 1. The summed E-state index contributed by atoms with van der Waals surface area (Å²) in [4.78, 5) is 38.0. The first kappa shape index (κ1) is 24.4. The first-order valence-electron chi connectivity index (χ1n) is 9.96. The van der Waals surface area contributed by atoms with Gasteiger partial charge in [0, 0.05) is 30.4 Å². The minimum Gasteiger partial charge on any atom is -0.444 e. The molecule has 0 bridgehead atoms. The van der Waals surface area contributed by atoms with Crippen molar-refractivity contribution < 1.29 is 27.5 Å². The third-order valence-electron chi connectivity index (χ3n) is 4.42. The van der Waals surface area contributed by atoms with Gasteiger partial charge in [-0.05, 0) is 57.9 Å². The number of nitrogens with one attached hydrogen (secondary N) is 3. The lowest BCUT2D eigenvalue weighted by atomic mass is 10.0. The van der Waals surface area contributed by atoms with E-state index in [0.29, 0.717) is 37.2 Å². The van der Waals surface area contributed by atoms with E-state index in [1.54, 1.807) is 37.8 Å². The highest BCUT2D eigenvalue weighted by Crippen LogP contribution is 2.14. The minimum atomic E-state index is -3.38. The highest BCUT2D eigenvalue weighted by Gasteiger charge is 2.25. The topological polar surface area (TPSA) is 134 Å². The summed E-state index contributed by atoms with van der Waals surface area (Å²) in [5, 5.41) is 5.39. The molecular weight excluding hydrogens is 424 g/mol. The van der Waals surface area contributed by atoms with Crippen molar-refractivity contribution in [2.45, 2.75) is 45.3 Å². The van der Waals surface area contributed by atoms with Gasteiger partial charge in [0.15, 0.2) is 0 Å². The molecule has 1 aromatic carbocycles. The average Bonchev–Trinajstić information content (AvgIpc) is 2.64. The van der Waals surface area contributed by atoms with Gasteiger partial charge in [-0.25, -0.2) is 13.2 Å². The van der Waals surface area contributed by atoms with Gasteiger partial charge in [-0.3, -0.25) is 14.3 Å². The fourth-order valence-corrected chi connectivity index (χ4v) is 3.58. The van der Waals surface area contributed by atoms with Crippen molar-refractivity contribution in [2.75, 3.05) is 30.6 Å². The van der Waals surface area contributed by atoms with Crippen LogP contribution >= 0.6 is 0 Å². The Bertz CT molecular complexity index is 901. The number of hydrogen-bond donors (Lipinski definition) is 3. The van der Waals surface area contributed by atoms with Gasteiger partial charge in [0.25, 0.3) is 5.91 Å². The number of ether oxygens (including phenoxy) is 1. The lowest BCUT2D eigenvalue weighted by Crippen LogP contribution is -2.49. The molecule has 3 N–H and O–H groups in total. The lowest BCUT2D eigenvalue weighted by Gasteiger charge is -2.32. The Labute approximate surface area is 182 Å². The van der Waals surface area contributed by atoms with Gasteiger partial charge in [-0.1, -0.05) is 0 Å². The third-order valence-corrected chi connectivity index (χ3v) is 5.02. The SMILES string of the molecule is CC(C)(C)OC(=O)NCC(=O)N1CCC(NC(=O)c2ccc(NS(C)(=O)=O)cc2)CC1. The quantitative estimate of drug-likeness (QED) is 0.593. The van der Waals surface area contributed by atoms with Crippen LogP contribution in [0.3, 0.4) is 0 Å². The summed E-state index contributed by atoms with van der Waals surface area (Å²) in [5.41, 5.74) is 0.166. The molecule has 2 rings (SSSR count). The Balaban J connectivity index is 1.76. The van der Waals surface area contributed by atoms with Crippen molar-refractivity contribution in [3.63, 3.8) is 0 Å². The summed E-state index contributed by atoms with van der Waals surface area (Å²) in [6, 6.07) is 6.06. The maximum atomic E-state index is 12.4. The molecule has 1 saturated heterocycles. The van der Waals surface area contributed by atoms with Gasteiger partial charge in [0.2, 0.25) is 15.9 Å². The molecule has 0 radical (unpaired) electrons. The number of benzene rings is 1. The molecule has 0 atom stereocenters. The second-order valence-corrected chi connectivity index (χ2v) is 10.2. The predicted molar refractivity (Wildman–Crippen MR) is 116 cm³/mol. The normalized spacial score (nSPS) is 15.2. The van der Waals surface area contributed by atoms with Crippen LogP contribution in [0, 0.1) is 0 Å². The predicted octanol–water partition coefficient (Wildman–Crippen LogP) is 1.30. The fraction of sp³-hybridized carbons (Fsp3) is 0.550. The van der Waals surface area contributed by atoms with Crippen molar-refractivity contribution in [3.8, 4) is 0 Å². The molecule has 1 aliphatic heterocycles. The summed E-state index contributed by atoms with van der Waals surface area (Å²) in [6.45, 7) is 6.03. The summed E-state index contributed by atoms with van der Waals surface area (Å²) in [6.07, 6.45) is 1.61. The second kappa shape index (κ2) is 9.99. The van der Waals surface area contributed by atoms with Crippen molar-refractivity contribution in [3.05, 3.63) is 29.8 Å². The average molecular weight is 455 g/mol. The molecule has 0 spiro atoms. The van der Waals surface area contributed by atoms with E-state index in [9.17, 15) is 22.8 Å². The van der Waals surface area contributed by atoms with E-state index in [0.717, 1.165) is 6.26 Å². The smallest absolute Gasteiger partial charge is 0.408 e. The molecule has 31 heavy (non-hydrogen) atoms. The summed E-state index contributed by atoms with van der Waals surface area (Å²) in [5.74, 6) is -0.466. The summed E-state index contributed by atoms with van der Waals surface area (Å²) in [7, 11) is -3.38. The number of anilines is 1. The fourth-order valence-electron chi connectivity index (χ4n) is 3.02. The van der Waals surface area contributed by atoms with E-state index < -0.39 is 21.7 Å². The maximum Gasteiger partial charge on any atom is 0.408 e. The zero-order chi connectivity index (χ0) is 23.2. The van der Waals surface area contributed by atoms with Crippen LogP contribution in [0.15, 0.2) is 24.3 Å². The third kappa shape index (κ3) is 8.83. The summed E-state index contributed by atoms with van der Waals surface area (Å²) >= 11 is 0. The van der Waals surface area contributed by atoms with Gasteiger partial charge < -0.3 is 20.3 Å². The standard InChI is InChI=1S/C20H30N4O6S/c1-20(2,3)30-19(27)21-13-17(25)24-11-9-15(10-12-24)22-18(26)14-5-7-16(8-6-14)23-31(4,28)29/h5-8,15,23H,9-13H2,1-4H3,(H,21,27)(H,22,26). The van der Waals surface area contributed by atoms with Gasteiger partial charge >= 0.3 is 6.09 Å². The molecule has 0 aliphatic carbocycles. The molecule has 1 aromatic rings. The molecule has 10 nitrogen and oxygen atoms in total. The van der Waals surface area contributed by atoms with Gasteiger partial charge in [-0.15, -0.1) is 0 Å². The Kier molecular flexibility index (Phi) is 7.88. The number of alkyl carbamates (subject to hydrolysis) is 1. The number of hydrogen-bond acceptors (Lipinski definition) is 6. The molecule has 11 heteroatoms. The van der Waals surface area contributed by atoms with Crippen LogP contribution in [-0.2, 0) is 19.6 Å². The minimum absolute atomic E-state index is 0.0795. The van der Waals surface area contributed by atoms with Crippen LogP contribution in [0.4, 0.5) is 10.5 Å². The number of carbonyl (C=O) groups is 3. The molecule has 0 aromatic heterocycles. The number of carbonyl (C=O) groups excluding carboxylic acids is 3. The molecule has 172 valence electrons. The summed E-state index contributed by atoms with van der Waals surface area (Å²) < 4.78 is 29.9. The Morgan fingerprint density at radius 1 is 1.10 bits per heavy atom. The number of piperidine rings is 1. The van der Waals surface area contributed by atoms with E-state index >= 15 is 0 Å². The van der Waals surface area contributed by atoms with Crippen LogP contribution in [-0.4, -0.2) is 68.8 Å². The molecule has 1 aliphatic rings. The first-order valence-corrected chi connectivity index (χ1v) is 11.8. The van der Waals surface area contributed by atoms with Crippen molar-refractivity contribution in [2.24, 2.45) is 0 Å². The van der Waals surface area contributed by atoms with E-state index in [4.69, 9.17) is 4.74 Å². The molecule has 3 amide bonds. The second-order valence-electron chi connectivity index (χ2n) is 8.44. The Morgan fingerprint density at radius 3 is 2.19 bits per heavy atom. The molecule has 1 fully saturated rings. The van der Waals surface area contributed by atoms with Crippen LogP contribution in [0.1, 0.15) is 44.0 Å². The highest BCUT2D eigenvalue weighted by atomic mass is 32.2. The van der Waals surface area contributed by atoms with Crippen molar-refractivity contribution >= 4 is 33.6 Å². The number of likely N-dealkylation sites (tertiary alicyclic amines) is 1.